The van der Waals surface area contributed by atoms with E-state index in [2.05, 4.69) is 35.2 Å². The lowest BCUT2D eigenvalue weighted by Crippen LogP contribution is -2.30. The molecule has 1 fully saturated rings. The van der Waals surface area contributed by atoms with Gasteiger partial charge in [-0.15, -0.1) is 0 Å². The van der Waals surface area contributed by atoms with Crippen LogP contribution in [0.4, 0.5) is 4.39 Å². The average Bonchev–Trinajstić information content (AvgIpc) is 3.15. The maximum atomic E-state index is 14.8. The molecule has 1 saturated heterocycles. The quantitative estimate of drug-likeness (QED) is 0.164. The Hall–Kier alpha value is -4.11. The van der Waals surface area contributed by atoms with E-state index in [1.54, 1.807) is 12.1 Å². The zero-order valence-electron chi connectivity index (χ0n) is 32.6. The summed E-state index contributed by atoms with van der Waals surface area (Å²) in [5, 5.41) is 10.8. The Morgan fingerprint density at radius 3 is 2.50 bits per heavy atom. The van der Waals surface area contributed by atoms with E-state index in [9.17, 15) is 14.3 Å². The first-order valence-electron chi connectivity index (χ1n) is 19.8. The van der Waals surface area contributed by atoms with Crippen molar-refractivity contribution in [2.24, 2.45) is 5.92 Å². The van der Waals surface area contributed by atoms with Crippen LogP contribution in [0, 0.1) is 25.6 Å². The number of aromatic nitrogens is 1. The number of hydrogen-bond donors (Lipinski definition) is 1. The Morgan fingerprint density at radius 2 is 1.74 bits per heavy atom. The van der Waals surface area contributed by atoms with Crippen molar-refractivity contribution in [1.29, 1.82) is 0 Å². The average molecular weight is 735 g/mol. The fourth-order valence-electron chi connectivity index (χ4n) is 8.58. The van der Waals surface area contributed by atoms with Crippen molar-refractivity contribution in [3.05, 3.63) is 105 Å². The van der Waals surface area contributed by atoms with Crippen molar-refractivity contribution in [3.8, 4) is 28.0 Å². The van der Waals surface area contributed by atoms with Crippen molar-refractivity contribution in [2.75, 3.05) is 26.4 Å². The van der Waals surface area contributed by atoms with Gasteiger partial charge in [0.2, 0.25) is 0 Å². The van der Waals surface area contributed by atoms with Crippen molar-refractivity contribution in [2.45, 2.75) is 111 Å². The second kappa shape index (κ2) is 16.3. The predicted octanol–water partition coefficient (Wildman–Crippen LogP) is 9.74. The SMILES string of the molecule is Cc1cccc(F)c1CN1CCc2cc(-c3c(CCCC4CCOCC4)nc(C)c([C@H](OC(C)(C)C)C(=O)O)c3-c3ccc4c(c3)CCCO4)ccc2C1. The topological polar surface area (TPSA) is 81.1 Å². The molecule has 7 rings (SSSR count). The molecule has 54 heavy (non-hydrogen) atoms. The minimum Gasteiger partial charge on any atom is -0.493 e. The highest BCUT2D eigenvalue weighted by Crippen LogP contribution is 2.45. The number of carboxylic acid groups (broad SMARTS) is 1. The summed E-state index contributed by atoms with van der Waals surface area (Å²) < 4.78 is 32.9. The largest absolute Gasteiger partial charge is 0.493 e. The van der Waals surface area contributed by atoms with Gasteiger partial charge >= 0.3 is 5.97 Å². The van der Waals surface area contributed by atoms with E-state index in [4.69, 9.17) is 19.2 Å². The van der Waals surface area contributed by atoms with Crippen LogP contribution >= 0.6 is 0 Å². The third-order valence-electron chi connectivity index (χ3n) is 11.3. The van der Waals surface area contributed by atoms with E-state index in [1.807, 2.05) is 46.8 Å². The summed E-state index contributed by atoms with van der Waals surface area (Å²) >= 11 is 0. The van der Waals surface area contributed by atoms with Crippen LogP contribution in [0.3, 0.4) is 0 Å². The van der Waals surface area contributed by atoms with Crippen LogP contribution in [0.25, 0.3) is 22.3 Å². The zero-order chi connectivity index (χ0) is 38.0. The first-order chi connectivity index (χ1) is 25.9. The van der Waals surface area contributed by atoms with Gasteiger partial charge in [0.15, 0.2) is 6.10 Å². The number of fused-ring (bicyclic) bond motifs is 2. The Balaban J connectivity index is 1.35. The molecule has 0 spiro atoms. The van der Waals surface area contributed by atoms with Crippen LogP contribution in [-0.2, 0) is 46.6 Å². The maximum Gasteiger partial charge on any atom is 0.337 e. The van der Waals surface area contributed by atoms with E-state index in [-0.39, 0.29) is 5.82 Å². The van der Waals surface area contributed by atoms with Gasteiger partial charge in [0.25, 0.3) is 0 Å². The Labute approximate surface area is 319 Å². The third-order valence-corrected chi connectivity index (χ3v) is 11.3. The van der Waals surface area contributed by atoms with E-state index in [0.717, 1.165) is 128 Å². The van der Waals surface area contributed by atoms with Crippen LogP contribution in [0.5, 0.6) is 5.75 Å². The van der Waals surface area contributed by atoms with Crippen LogP contribution < -0.4 is 4.74 Å². The highest BCUT2D eigenvalue weighted by atomic mass is 19.1. The molecule has 286 valence electrons. The number of carboxylic acids is 1. The molecule has 3 aliphatic rings. The molecule has 0 amide bonds. The summed E-state index contributed by atoms with van der Waals surface area (Å²) in [6.45, 7) is 14.1. The van der Waals surface area contributed by atoms with E-state index in [1.165, 1.54) is 11.1 Å². The Kier molecular flexibility index (Phi) is 11.5. The zero-order valence-corrected chi connectivity index (χ0v) is 32.6. The molecule has 4 aromatic rings. The normalized spacial score (nSPS) is 17.1. The molecule has 0 bridgehead atoms. The molecular weight excluding hydrogens is 680 g/mol. The van der Waals surface area contributed by atoms with Gasteiger partial charge in [-0.3, -0.25) is 9.88 Å². The van der Waals surface area contributed by atoms with Gasteiger partial charge < -0.3 is 19.3 Å². The van der Waals surface area contributed by atoms with Crippen LogP contribution in [-0.4, -0.2) is 52.9 Å². The molecule has 8 heteroatoms. The third kappa shape index (κ3) is 8.56. The van der Waals surface area contributed by atoms with Gasteiger partial charge in [-0.1, -0.05) is 36.4 Å². The number of benzene rings is 3. The summed E-state index contributed by atoms with van der Waals surface area (Å²) in [5.41, 5.74) is 10.7. The van der Waals surface area contributed by atoms with Crippen molar-refractivity contribution >= 4 is 5.97 Å². The molecule has 3 aliphatic heterocycles. The lowest BCUT2D eigenvalue weighted by molar-refractivity contribution is -0.160. The molecule has 0 aliphatic carbocycles. The number of aryl methyl sites for hydroxylation is 4. The van der Waals surface area contributed by atoms with Gasteiger partial charge in [-0.05, 0) is 149 Å². The molecule has 0 unspecified atom stereocenters. The standard InChI is InChI=1S/C46H55FN2O5/c1-29-9-6-12-38(47)37(29)28-49-21-18-32-25-34(14-15-36(32)27-49)42-39(13-7-10-31-19-23-52-24-20-31)48-30(2)41(44(45(50)51)54-46(3,4)5)43(42)35-16-17-40-33(26-35)11-8-22-53-40/h6,9,12,14-17,25-26,31,44H,7-8,10-11,13,18-24,27-28H2,1-5H3,(H,50,51)/t44-/m0/s1. The first-order valence-corrected chi connectivity index (χ1v) is 19.8. The van der Waals surface area contributed by atoms with Crippen LogP contribution in [0.1, 0.15) is 104 Å². The van der Waals surface area contributed by atoms with Gasteiger partial charge in [0.1, 0.15) is 11.6 Å². The number of hydrogen-bond acceptors (Lipinski definition) is 6. The number of halogens is 1. The monoisotopic (exact) mass is 734 g/mol. The van der Waals surface area contributed by atoms with Gasteiger partial charge in [-0.25, -0.2) is 9.18 Å². The van der Waals surface area contributed by atoms with Crippen molar-refractivity contribution in [3.63, 3.8) is 0 Å². The summed E-state index contributed by atoms with van der Waals surface area (Å²) in [6.07, 6.45) is 6.48. The molecule has 1 N–H and O–H groups in total. The van der Waals surface area contributed by atoms with Crippen molar-refractivity contribution < 1.29 is 28.5 Å². The minimum atomic E-state index is -1.22. The summed E-state index contributed by atoms with van der Waals surface area (Å²) in [6, 6.07) is 18.3. The fraction of sp³-hybridized carbons (Fsp3) is 0.478. The summed E-state index contributed by atoms with van der Waals surface area (Å²) in [5.74, 6) is 0.338. The molecule has 1 aromatic heterocycles. The van der Waals surface area contributed by atoms with E-state index < -0.39 is 17.7 Å². The lowest BCUT2D eigenvalue weighted by Gasteiger charge is -2.31. The number of nitrogens with zero attached hydrogens (tertiary/aromatic N) is 2. The van der Waals surface area contributed by atoms with Crippen molar-refractivity contribution in [1.82, 2.24) is 9.88 Å². The van der Waals surface area contributed by atoms with E-state index >= 15 is 0 Å². The number of carbonyl (C=O) groups is 1. The fourth-order valence-corrected chi connectivity index (χ4v) is 8.58. The molecule has 0 radical (unpaired) electrons. The number of ether oxygens (including phenoxy) is 3. The molecule has 7 nitrogen and oxygen atoms in total. The highest BCUT2D eigenvalue weighted by Gasteiger charge is 2.34. The molecule has 4 heterocycles. The van der Waals surface area contributed by atoms with Crippen LogP contribution in [0.15, 0.2) is 54.6 Å². The molecule has 1 atom stereocenters. The Bertz CT molecular complexity index is 1980. The summed E-state index contributed by atoms with van der Waals surface area (Å²) in [7, 11) is 0. The lowest BCUT2D eigenvalue weighted by atomic mass is 9.83. The number of aliphatic carboxylic acids is 1. The molecular formula is C46H55FN2O5. The highest BCUT2D eigenvalue weighted by molar-refractivity contribution is 5.91. The van der Waals surface area contributed by atoms with E-state index in [0.29, 0.717) is 30.3 Å². The first kappa shape index (κ1) is 38.2. The summed E-state index contributed by atoms with van der Waals surface area (Å²) in [4.78, 5) is 20.8. The van der Waals surface area contributed by atoms with Gasteiger partial charge in [0.05, 0.1) is 12.2 Å². The van der Waals surface area contributed by atoms with Crippen LogP contribution in [0.2, 0.25) is 0 Å². The van der Waals surface area contributed by atoms with Gasteiger partial charge in [-0.2, -0.15) is 0 Å². The number of pyridine rings is 1. The maximum absolute atomic E-state index is 14.8. The molecule has 3 aromatic carbocycles. The number of rotatable bonds is 11. The second-order valence-electron chi connectivity index (χ2n) is 16.5. The Morgan fingerprint density at radius 1 is 0.981 bits per heavy atom. The minimum absolute atomic E-state index is 0.153. The second-order valence-corrected chi connectivity index (χ2v) is 16.5. The smallest absolute Gasteiger partial charge is 0.337 e. The van der Waals surface area contributed by atoms with Gasteiger partial charge in [0, 0.05) is 60.9 Å². The molecule has 0 saturated carbocycles. The predicted molar refractivity (Wildman–Crippen MR) is 210 cm³/mol.